The Morgan fingerprint density at radius 3 is 2.55 bits per heavy atom. The summed E-state index contributed by atoms with van der Waals surface area (Å²) >= 11 is 0. The van der Waals surface area contributed by atoms with E-state index in [2.05, 4.69) is 53.1 Å². The molecule has 2 fully saturated rings. The molecular formula is C32H37FN6O3. The highest BCUT2D eigenvalue weighted by Crippen LogP contribution is 2.35. The fourth-order valence-corrected chi connectivity index (χ4v) is 5.65. The normalized spacial score (nSPS) is 16.9. The van der Waals surface area contributed by atoms with Crippen LogP contribution in [-0.4, -0.2) is 80.0 Å². The smallest absolute Gasteiger partial charge is 0.318 e. The number of alkyl halides is 1. The lowest BCUT2D eigenvalue weighted by molar-refractivity contribution is -0.126. The number of allylic oxidation sites excluding steroid dienone is 1. The number of carbonyl (C=O) groups excluding carboxylic acids is 1. The number of halogens is 1. The lowest BCUT2D eigenvalue weighted by Gasteiger charge is -2.38. The first-order chi connectivity index (χ1) is 20.5. The molecule has 0 radical (unpaired) electrons. The van der Waals surface area contributed by atoms with Gasteiger partial charge in [-0.15, -0.1) is 0 Å². The van der Waals surface area contributed by atoms with Crippen molar-refractivity contribution >= 4 is 28.2 Å². The summed E-state index contributed by atoms with van der Waals surface area (Å²) < 4.78 is 23.9. The van der Waals surface area contributed by atoms with Gasteiger partial charge in [-0.1, -0.05) is 30.3 Å². The molecule has 0 aliphatic carbocycles. The molecule has 0 unspecified atom stereocenters. The number of nitrogens with zero attached hydrogens (tertiary/aromatic N) is 6. The van der Waals surface area contributed by atoms with Gasteiger partial charge < -0.3 is 24.2 Å². The van der Waals surface area contributed by atoms with E-state index in [0.29, 0.717) is 64.5 Å². The summed E-state index contributed by atoms with van der Waals surface area (Å²) in [6, 6.07) is 15.1. The average molecular weight is 573 g/mol. The predicted molar refractivity (Wildman–Crippen MR) is 160 cm³/mol. The van der Waals surface area contributed by atoms with E-state index >= 15 is 0 Å². The van der Waals surface area contributed by atoms with E-state index in [1.165, 1.54) is 41.1 Å². The third-order valence-corrected chi connectivity index (χ3v) is 7.85. The molecule has 3 aromatic rings. The van der Waals surface area contributed by atoms with Crippen LogP contribution >= 0.6 is 0 Å². The second-order valence-electron chi connectivity index (χ2n) is 10.7. The van der Waals surface area contributed by atoms with Crippen LogP contribution in [0.4, 0.5) is 15.9 Å². The van der Waals surface area contributed by atoms with Crippen LogP contribution in [0.2, 0.25) is 0 Å². The van der Waals surface area contributed by atoms with Crippen molar-refractivity contribution in [2.45, 2.75) is 26.8 Å². The van der Waals surface area contributed by atoms with E-state index in [1.54, 1.807) is 11.0 Å². The van der Waals surface area contributed by atoms with Crippen molar-refractivity contribution < 1.29 is 18.7 Å². The molecule has 1 aromatic heterocycles. The van der Waals surface area contributed by atoms with Crippen LogP contribution in [0.25, 0.3) is 10.8 Å². The molecule has 6 rings (SSSR count). The van der Waals surface area contributed by atoms with Crippen LogP contribution in [0, 0.1) is 24.2 Å². The Kier molecular flexibility index (Phi) is 9.49. The number of amides is 1. The molecule has 1 amide bonds. The fraction of sp³-hybridized carbons (Fsp3) is 0.438. The zero-order valence-corrected chi connectivity index (χ0v) is 24.3. The van der Waals surface area contributed by atoms with Gasteiger partial charge in [0.2, 0.25) is 5.91 Å². The number of hydrogen-bond donors (Lipinski definition) is 0. The topological polar surface area (TPSA) is 94.8 Å². The quantitative estimate of drug-likeness (QED) is 0.389. The maximum Gasteiger partial charge on any atom is 0.318 e. The molecule has 0 bridgehead atoms. The van der Waals surface area contributed by atoms with Crippen molar-refractivity contribution in [3.05, 3.63) is 65.4 Å². The van der Waals surface area contributed by atoms with Crippen LogP contribution in [0.3, 0.4) is 0 Å². The van der Waals surface area contributed by atoms with Gasteiger partial charge in [0.1, 0.15) is 12.5 Å². The third-order valence-electron chi connectivity index (χ3n) is 7.85. The number of aryl methyl sites for hydroxylation is 1. The molecule has 10 heteroatoms. The summed E-state index contributed by atoms with van der Waals surface area (Å²) in [5.74, 6) is 1.12. The van der Waals surface area contributed by atoms with Crippen molar-refractivity contribution in [2.75, 3.05) is 69.0 Å². The van der Waals surface area contributed by atoms with Crippen LogP contribution in [0.15, 0.2) is 48.6 Å². The second-order valence-corrected chi connectivity index (χ2v) is 10.7. The minimum Gasteiger partial charge on any atom is -0.463 e. The van der Waals surface area contributed by atoms with E-state index in [0.717, 1.165) is 30.0 Å². The van der Waals surface area contributed by atoms with Gasteiger partial charge in [-0.3, -0.25) is 4.79 Å². The van der Waals surface area contributed by atoms with Gasteiger partial charge in [0.15, 0.2) is 0 Å². The van der Waals surface area contributed by atoms with Crippen molar-refractivity contribution in [2.24, 2.45) is 5.92 Å². The molecule has 0 atom stereocenters. The first-order valence-electron chi connectivity index (χ1n) is 14.4. The van der Waals surface area contributed by atoms with Gasteiger partial charge in [0.25, 0.3) is 0 Å². The first kappa shape index (κ1) is 29.3. The number of rotatable bonds is 7. The zero-order valence-electron chi connectivity index (χ0n) is 24.3. The van der Waals surface area contributed by atoms with Crippen LogP contribution in [-0.2, 0) is 22.5 Å². The Balaban J connectivity index is 0.00000113. The van der Waals surface area contributed by atoms with E-state index in [1.807, 2.05) is 0 Å². The number of hydrogen-bond acceptors (Lipinski definition) is 8. The molecule has 2 saturated heterocycles. The van der Waals surface area contributed by atoms with Gasteiger partial charge in [-0.25, -0.2) is 4.39 Å². The highest BCUT2D eigenvalue weighted by molar-refractivity contribution is 5.97. The molecule has 9 nitrogen and oxygen atoms in total. The summed E-state index contributed by atoms with van der Waals surface area (Å²) in [7, 11) is 0. The molecular weight excluding hydrogens is 535 g/mol. The number of fused-ring (bicyclic) bond motifs is 2. The Bertz CT molecular complexity index is 1470. The number of ether oxygens (including phenoxy) is 2. The SMILES string of the molecule is CC#N.Cc1cccc2cccc(N3CCc4c(nc(OCC5COC5)nc4N4CCN(C(=O)/C=C/CF)CC4)C3)c12. The number of benzene rings is 2. The molecule has 2 aromatic carbocycles. The van der Waals surface area contributed by atoms with E-state index < -0.39 is 6.67 Å². The summed E-state index contributed by atoms with van der Waals surface area (Å²) in [5.41, 5.74) is 4.62. The Labute approximate surface area is 246 Å². The molecule has 42 heavy (non-hydrogen) atoms. The van der Waals surface area contributed by atoms with Crippen molar-refractivity contribution in [3.63, 3.8) is 0 Å². The van der Waals surface area contributed by atoms with Gasteiger partial charge in [-0.05, 0) is 36.4 Å². The number of nitriles is 1. The number of aromatic nitrogens is 2. The lowest BCUT2D eigenvalue weighted by Crippen LogP contribution is -2.49. The highest BCUT2D eigenvalue weighted by Gasteiger charge is 2.29. The van der Waals surface area contributed by atoms with E-state index in [4.69, 9.17) is 24.7 Å². The maximum atomic E-state index is 12.5. The fourth-order valence-electron chi connectivity index (χ4n) is 5.65. The second kappa shape index (κ2) is 13.6. The molecule has 4 heterocycles. The molecule has 3 aliphatic heterocycles. The number of anilines is 2. The summed E-state index contributed by atoms with van der Waals surface area (Å²) in [5, 5.41) is 9.84. The van der Waals surface area contributed by atoms with Gasteiger partial charge >= 0.3 is 6.01 Å². The van der Waals surface area contributed by atoms with Crippen LogP contribution in [0.5, 0.6) is 6.01 Å². The minimum absolute atomic E-state index is 0.148. The van der Waals surface area contributed by atoms with Gasteiger partial charge in [0.05, 0.1) is 38.1 Å². The lowest BCUT2D eigenvalue weighted by atomic mass is 9.99. The standard InChI is InChI=1S/C30H34FN5O3.C2H3N/c1-21-5-2-6-23-7-3-8-26(28(21)23)36-12-10-24-25(17-36)32-30(39-20-22-18-38-19-22)33-29(24)35-15-13-34(14-16-35)27(37)9-4-11-31;1-2-3/h2-9,22H,10-20H2,1H3;1H3/b9-4+;. The van der Waals surface area contributed by atoms with E-state index in [9.17, 15) is 9.18 Å². The predicted octanol–water partition coefficient (Wildman–Crippen LogP) is 4.23. The zero-order chi connectivity index (χ0) is 29.5. The number of carbonyl (C=O) groups is 1. The summed E-state index contributed by atoms with van der Waals surface area (Å²) in [4.78, 5) is 28.5. The maximum absolute atomic E-state index is 12.5. The molecule has 3 aliphatic rings. The Hall–Kier alpha value is -4.23. The summed E-state index contributed by atoms with van der Waals surface area (Å²) in [6.45, 7) is 8.88. The van der Waals surface area contributed by atoms with Crippen LogP contribution < -0.4 is 14.5 Å². The molecule has 0 saturated carbocycles. The van der Waals surface area contributed by atoms with E-state index in [-0.39, 0.29) is 5.91 Å². The van der Waals surface area contributed by atoms with Crippen molar-refractivity contribution in [3.8, 4) is 12.1 Å². The largest absolute Gasteiger partial charge is 0.463 e. The third kappa shape index (κ3) is 6.47. The van der Waals surface area contributed by atoms with Crippen molar-refractivity contribution in [1.82, 2.24) is 14.9 Å². The monoisotopic (exact) mass is 572 g/mol. The molecule has 0 N–H and O–H groups in total. The van der Waals surface area contributed by atoms with Crippen LogP contribution in [0.1, 0.15) is 23.7 Å². The Morgan fingerprint density at radius 2 is 1.86 bits per heavy atom. The van der Waals surface area contributed by atoms with Gasteiger partial charge in [-0.2, -0.15) is 15.2 Å². The highest BCUT2D eigenvalue weighted by atomic mass is 19.1. The number of piperazine rings is 1. The molecule has 0 spiro atoms. The van der Waals surface area contributed by atoms with Gasteiger partial charge in [0, 0.05) is 68.3 Å². The summed E-state index contributed by atoms with van der Waals surface area (Å²) in [6.07, 6.45) is 3.40. The average Bonchev–Trinajstić information content (AvgIpc) is 2.99. The van der Waals surface area contributed by atoms with Crippen molar-refractivity contribution in [1.29, 1.82) is 5.26 Å². The minimum atomic E-state index is -0.635. The Morgan fingerprint density at radius 1 is 1.12 bits per heavy atom. The first-order valence-corrected chi connectivity index (χ1v) is 14.4. The molecule has 220 valence electrons.